The second-order valence-electron chi connectivity index (χ2n) is 4.35. The van der Waals surface area contributed by atoms with Crippen LogP contribution in [0.3, 0.4) is 0 Å². The van der Waals surface area contributed by atoms with E-state index in [-0.39, 0.29) is 11.4 Å². The van der Waals surface area contributed by atoms with Crippen LogP contribution >= 0.6 is 0 Å². The molecule has 0 saturated heterocycles. The number of aliphatic carboxylic acids is 1. The van der Waals surface area contributed by atoms with Gasteiger partial charge in [-0.25, -0.2) is 8.42 Å². The lowest BCUT2D eigenvalue weighted by Crippen LogP contribution is -2.36. The first kappa shape index (κ1) is 15.0. The summed E-state index contributed by atoms with van der Waals surface area (Å²) in [6, 6.07) is 11.8. The SMILES string of the molecule is C#CCN(CC(=O)O)S(=O)(=O)c1cccc2ccccc12. The zero-order valence-electron chi connectivity index (χ0n) is 11.1. The summed E-state index contributed by atoms with van der Waals surface area (Å²) in [5.41, 5.74) is 0. The van der Waals surface area contributed by atoms with E-state index < -0.39 is 22.5 Å². The summed E-state index contributed by atoms with van der Waals surface area (Å²) in [7, 11) is -3.97. The van der Waals surface area contributed by atoms with Crippen molar-refractivity contribution in [3.05, 3.63) is 42.5 Å². The van der Waals surface area contributed by atoms with Crippen LogP contribution in [0.25, 0.3) is 10.8 Å². The number of fused-ring (bicyclic) bond motifs is 1. The van der Waals surface area contributed by atoms with Crippen LogP contribution in [0.2, 0.25) is 0 Å². The van der Waals surface area contributed by atoms with Crippen molar-refractivity contribution in [3.8, 4) is 12.3 Å². The summed E-state index contributed by atoms with van der Waals surface area (Å²) in [5, 5.41) is 10.2. The maximum Gasteiger partial charge on any atom is 0.318 e. The van der Waals surface area contributed by atoms with Crippen molar-refractivity contribution in [2.24, 2.45) is 0 Å². The van der Waals surface area contributed by atoms with E-state index in [9.17, 15) is 13.2 Å². The Bertz CT molecular complexity index is 816. The quantitative estimate of drug-likeness (QED) is 0.850. The maximum absolute atomic E-state index is 12.6. The molecule has 0 aliphatic carbocycles. The fraction of sp³-hybridized carbons (Fsp3) is 0.133. The van der Waals surface area contributed by atoms with Crippen LogP contribution < -0.4 is 0 Å². The molecule has 21 heavy (non-hydrogen) atoms. The van der Waals surface area contributed by atoms with Crippen LogP contribution in [-0.4, -0.2) is 36.9 Å². The number of benzene rings is 2. The predicted octanol–water partition coefficient (Wildman–Crippen LogP) is 1.55. The Morgan fingerprint density at radius 2 is 1.86 bits per heavy atom. The highest BCUT2D eigenvalue weighted by Crippen LogP contribution is 2.25. The normalized spacial score (nSPS) is 11.4. The molecule has 2 rings (SSSR count). The van der Waals surface area contributed by atoms with E-state index in [0.29, 0.717) is 5.39 Å². The summed E-state index contributed by atoms with van der Waals surface area (Å²) in [6.07, 6.45) is 5.14. The highest BCUT2D eigenvalue weighted by Gasteiger charge is 2.27. The van der Waals surface area contributed by atoms with Crippen LogP contribution in [0.15, 0.2) is 47.4 Å². The summed E-state index contributed by atoms with van der Waals surface area (Å²) >= 11 is 0. The van der Waals surface area contributed by atoms with E-state index in [4.69, 9.17) is 11.5 Å². The van der Waals surface area contributed by atoms with E-state index in [1.165, 1.54) is 6.07 Å². The Kier molecular flexibility index (Phi) is 4.26. The van der Waals surface area contributed by atoms with E-state index >= 15 is 0 Å². The molecule has 0 unspecified atom stereocenters. The molecule has 6 heteroatoms. The molecule has 0 amide bonds. The van der Waals surface area contributed by atoms with Gasteiger partial charge in [-0.05, 0) is 11.5 Å². The summed E-state index contributed by atoms with van der Waals surface area (Å²) in [6.45, 7) is -0.965. The lowest BCUT2D eigenvalue weighted by atomic mass is 10.1. The van der Waals surface area contributed by atoms with Crippen molar-refractivity contribution in [2.45, 2.75) is 4.90 Å². The molecular formula is C15H13NO4S. The molecule has 1 N–H and O–H groups in total. The molecule has 0 aliphatic rings. The van der Waals surface area contributed by atoms with Crippen LogP contribution in [-0.2, 0) is 14.8 Å². The zero-order chi connectivity index (χ0) is 15.5. The smallest absolute Gasteiger partial charge is 0.318 e. The van der Waals surface area contributed by atoms with Gasteiger partial charge in [-0.3, -0.25) is 4.79 Å². The fourth-order valence-corrected chi connectivity index (χ4v) is 3.56. The number of hydrogen-bond acceptors (Lipinski definition) is 3. The van der Waals surface area contributed by atoms with Crippen molar-refractivity contribution in [1.29, 1.82) is 0 Å². The Hall–Kier alpha value is -2.36. The topological polar surface area (TPSA) is 74.7 Å². The molecule has 0 fully saturated rings. The van der Waals surface area contributed by atoms with Gasteiger partial charge in [0.2, 0.25) is 10.0 Å². The van der Waals surface area contributed by atoms with E-state index in [1.54, 1.807) is 36.4 Å². The fourth-order valence-electron chi connectivity index (χ4n) is 2.04. The minimum absolute atomic E-state index is 0.0529. The Morgan fingerprint density at radius 1 is 1.19 bits per heavy atom. The molecule has 5 nitrogen and oxygen atoms in total. The number of carboxylic acid groups (broad SMARTS) is 1. The number of hydrogen-bond donors (Lipinski definition) is 1. The zero-order valence-corrected chi connectivity index (χ0v) is 11.9. The van der Waals surface area contributed by atoms with E-state index in [2.05, 4.69) is 5.92 Å². The second kappa shape index (κ2) is 5.95. The number of carboxylic acids is 1. The lowest BCUT2D eigenvalue weighted by Gasteiger charge is -2.19. The third kappa shape index (κ3) is 3.05. The lowest BCUT2D eigenvalue weighted by molar-refractivity contribution is -0.137. The molecule has 2 aromatic rings. The Morgan fingerprint density at radius 3 is 2.52 bits per heavy atom. The van der Waals surface area contributed by atoms with Crippen LogP contribution in [0.5, 0.6) is 0 Å². The first-order valence-electron chi connectivity index (χ1n) is 6.10. The maximum atomic E-state index is 12.6. The second-order valence-corrected chi connectivity index (χ2v) is 6.25. The molecule has 0 bridgehead atoms. The summed E-state index contributed by atoms with van der Waals surface area (Å²) in [5.74, 6) is 0.925. The molecule has 0 atom stereocenters. The van der Waals surface area contributed by atoms with Gasteiger partial charge in [0, 0.05) is 5.39 Å². The minimum Gasteiger partial charge on any atom is -0.480 e. The number of nitrogens with zero attached hydrogens (tertiary/aromatic N) is 1. The standard InChI is InChI=1S/C15H13NO4S/c1-2-10-16(11-15(17)18)21(19,20)14-9-5-7-12-6-3-4-8-13(12)14/h1,3-9H,10-11H2,(H,17,18). The first-order valence-corrected chi connectivity index (χ1v) is 7.54. The molecule has 2 aromatic carbocycles. The van der Waals surface area contributed by atoms with Crippen LogP contribution in [0.1, 0.15) is 0 Å². The molecule has 0 saturated carbocycles. The molecule has 0 radical (unpaired) electrons. The number of rotatable bonds is 5. The average Bonchev–Trinajstić information content (AvgIpc) is 2.45. The van der Waals surface area contributed by atoms with Crippen molar-refractivity contribution >= 4 is 26.8 Å². The molecule has 108 valence electrons. The highest BCUT2D eigenvalue weighted by molar-refractivity contribution is 7.89. The first-order chi connectivity index (χ1) is 9.96. The number of carbonyl (C=O) groups is 1. The van der Waals surface area contributed by atoms with Crippen LogP contribution in [0, 0.1) is 12.3 Å². The molecule has 0 aromatic heterocycles. The van der Waals surface area contributed by atoms with Gasteiger partial charge in [0.15, 0.2) is 0 Å². The monoisotopic (exact) mass is 303 g/mol. The Balaban J connectivity index is 2.60. The van der Waals surface area contributed by atoms with Crippen molar-refractivity contribution in [1.82, 2.24) is 4.31 Å². The van der Waals surface area contributed by atoms with Crippen molar-refractivity contribution < 1.29 is 18.3 Å². The van der Waals surface area contributed by atoms with E-state index in [0.717, 1.165) is 9.69 Å². The van der Waals surface area contributed by atoms with Crippen LogP contribution in [0.4, 0.5) is 0 Å². The van der Waals surface area contributed by atoms with Gasteiger partial charge in [-0.1, -0.05) is 42.3 Å². The summed E-state index contributed by atoms with van der Waals surface area (Å²) in [4.78, 5) is 10.9. The summed E-state index contributed by atoms with van der Waals surface area (Å²) < 4.78 is 26.1. The van der Waals surface area contributed by atoms with Crippen molar-refractivity contribution in [2.75, 3.05) is 13.1 Å². The third-order valence-corrected chi connectivity index (χ3v) is 4.80. The molecule has 0 heterocycles. The number of terminal acetylenes is 1. The predicted molar refractivity (Wildman–Crippen MR) is 79.2 cm³/mol. The molecule has 0 aliphatic heterocycles. The van der Waals surface area contributed by atoms with Crippen molar-refractivity contribution in [3.63, 3.8) is 0 Å². The van der Waals surface area contributed by atoms with Gasteiger partial charge in [0.1, 0.15) is 6.54 Å². The van der Waals surface area contributed by atoms with Gasteiger partial charge in [-0.2, -0.15) is 4.31 Å². The largest absolute Gasteiger partial charge is 0.480 e. The van der Waals surface area contributed by atoms with Gasteiger partial charge in [-0.15, -0.1) is 6.42 Å². The van der Waals surface area contributed by atoms with Gasteiger partial charge in [0.05, 0.1) is 11.4 Å². The third-order valence-electron chi connectivity index (χ3n) is 2.95. The molecule has 0 spiro atoms. The van der Waals surface area contributed by atoms with Gasteiger partial charge < -0.3 is 5.11 Å². The van der Waals surface area contributed by atoms with E-state index in [1.807, 2.05) is 0 Å². The minimum atomic E-state index is -3.97. The average molecular weight is 303 g/mol. The Labute approximate surface area is 122 Å². The highest BCUT2D eigenvalue weighted by atomic mass is 32.2. The van der Waals surface area contributed by atoms with Gasteiger partial charge in [0.25, 0.3) is 0 Å². The van der Waals surface area contributed by atoms with Gasteiger partial charge >= 0.3 is 5.97 Å². The molecular weight excluding hydrogens is 290 g/mol. The number of sulfonamides is 1.